The summed E-state index contributed by atoms with van der Waals surface area (Å²) in [7, 11) is 1.05. The Bertz CT molecular complexity index is 6960. The van der Waals surface area contributed by atoms with Crippen LogP contribution in [-0.4, -0.2) is 257 Å². The van der Waals surface area contributed by atoms with E-state index in [1.165, 1.54) is 75.9 Å². The Hall–Kier alpha value is -6.57. The summed E-state index contributed by atoms with van der Waals surface area (Å²) in [5.74, 6) is -1.49. The molecule has 794 valence electrons. The highest BCUT2D eigenvalue weighted by Crippen LogP contribution is 2.57. The van der Waals surface area contributed by atoms with E-state index in [9.17, 15) is 52.9 Å². The van der Waals surface area contributed by atoms with E-state index in [0.717, 1.165) is 18.0 Å². The quantitative estimate of drug-likeness (QED) is 0.0140. The van der Waals surface area contributed by atoms with Crippen LogP contribution in [0, 0.1) is 13.8 Å². The van der Waals surface area contributed by atoms with E-state index in [0.29, 0.717) is 17.5 Å². The molecule has 73 heteroatoms. The molecule has 17 rings (SSSR count). The molecule has 7 saturated heterocycles. The predicted octanol–water partition coefficient (Wildman–Crippen LogP) is -2.60. The number of rotatable bonds is 41. The number of aryl methyl sites for hydroxylation is 2. The fraction of sp³-hybridized carbons (Fsp3) is 0.597. The summed E-state index contributed by atoms with van der Waals surface area (Å²) < 4.78 is 148. The molecule has 7 unspecified atom stereocenters. The predicted molar refractivity (Wildman–Crippen MR) is 514 cm³/mol. The number of carbonyl (C=O) groups excluding carboxylic acids is 2. The van der Waals surface area contributed by atoms with Gasteiger partial charge in [0.1, 0.15) is 144 Å². The number of nitrogen functional groups attached to an aromatic ring is 5. The number of hydrogen-bond donors (Lipinski definition) is 9. The van der Waals surface area contributed by atoms with E-state index >= 15 is 9.79 Å². The Morgan fingerprint density at radius 1 is 0.400 bits per heavy atom. The monoisotopic (exact) mass is 2290 g/mol. The molecule has 0 saturated carbocycles. The van der Waals surface area contributed by atoms with Crippen molar-refractivity contribution in [3.63, 3.8) is 0 Å². The lowest BCUT2D eigenvalue weighted by atomic mass is 10.1. The molecule has 2 amide bonds. The summed E-state index contributed by atoms with van der Waals surface area (Å²) in [4.78, 5) is 210. The second kappa shape index (κ2) is 44.3. The van der Waals surface area contributed by atoms with Crippen LogP contribution in [0.15, 0.2) is 80.4 Å². The second-order valence-electron chi connectivity index (χ2n) is 34.2. The summed E-state index contributed by atoms with van der Waals surface area (Å²) in [6, 6.07) is 0. The van der Waals surface area contributed by atoms with Gasteiger partial charge < -0.3 is 187 Å². The van der Waals surface area contributed by atoms with Gasteiger partial charge >= 0.3 is 11.4 Å². The highest BCUT2D eigenvalue weighted by Gasteiger charge is 2.50. The van der Waals surface area contributed by atoms with Crippen molar-refractivity contribution in [3.05, 3.63) is 114 Å². The lowest BCUT2D eigenvalue weighted by molar-refractivity contribution is -0.221. The zero-order valence-electron chi connectivity index (χ0n) is 76.5. The van der Waals surface area contributed by atoms with Crippen LogP contribution in [-0.2, 0) is 194 Å². The van der Waals surface area contributed by atoms with Gasteiger partial charge in [-0.1, -0.05) is 77.8 Å². The fourth-order valence-corrected chi connectivity index (χ4v) is 26.9. The molecule has 9 aliphatic rings. The molecule has 8 aromatic rings. The number of hydrogen-bond acceptors (Lipinski definition) is 57. The number of H-pyrrole nitrogens is 2. The van der Waals surface area contributed by atoms with Crippen molar-refractivity contribution < 1.29 is 140 Å². The first-order valence-corrected chi connectivity index (χ1v) is 61.8. The number of nitrogens with zero attached hydrogens (tertiary/aromatic N) is 16. The maximum atomic E-state index is 15.0. The molecule has 59 nitrogen and oxygen atoms in total. The molecule has 14 N–H and O–H groups in total. The lowest BCUT2D eigenvalue weighted by Crippen LogP contribution is -2.45. The number of anilines is 5. The van der Waals surface area contributed by atoms with Crippen LogP contribution >= 0.6 is 47.1 Å². The van der Waals surface area contributed by atoms with Gasteiger partial charge in [-0.05, 0) is 34.1 Å². The number of ether oxygens (including phenoxy) is 7. The molecule has 0 bridgehead atoms. The number of aromatic amines is 2. The SMILES string of the molecule is CC[C@H]1O[C@@H](n2cc(C)c(N)nc2=O)C[C@H]1OP([O-])(=S)OC[C@H]1O[C@@H](n2cc(C)c(N)nc2=O)C[C@H]1OP(=O)([S-])OC[C@H]1O[C@@H](n2cnc3c(N)ncnc32)C[C@H]1OP([O-])(=S)OC[C@H]1O[C@@H](N2C=C(C)C(=O)NC2)C[C@H]1OP([O-])(=S)OC[C@H]1O[C@@H](n2cnc3c(=O)[nH]c(N)nc32)C[C@H]1OP([O-])(=S)OC[C@H]1O[C@@H](N2C=C(C)C(=O)NC2)C[C@H]1OP([O-])(=S)OC[C@H]1O[C@@H](n2cnc3c(=O)[nH]c(N)nc32)C[C@H]1OP([O-])(=S)OC. The highest BCUT2D eigenvalue weighted by atomic mass is 32.7. The number of fused-ring (bicyclic) bond motifs is 3. The Morgan fingerprint density at radius 3 is 1.06 bits per heavy atom. The van der Waals surface area contributed by atoms with E-state index < -0.39 is 250 Å². The van der Waals surface area contributed by atoms with Crippen molar-refractivity contribution in [1.82, 2.24) is 98.1 Å². The molecule has 7 fully saturated rings. The van der Waals surface area contributed by atoms with E-state index in [1.54, 1.807) is 30.6 Å². The standard InChI is InChI=1S/C72H100N25O34P7S7/c1-7-35-36(10-51(118-35)93-17-31(2)59(73)85-71(93)102)126-133(105,140)114-22-46-40(11-52(121-46)94-18-32(3)60(74)86-72(94)103)129-138(110,145)117-23-47-41(13-53(122-47)95-28-80-56-61(75)78-25-79-62(56)95)130-136(108,143)112-19-43-38(9-50(119-43)92-16-34(5)66(99)84-27-92)128-135(107,142)116-24-48-42(14-55(124-48)97-30-82-58-64(97)88-70(77)90-68(58)101)131-137(109,144)113-20-44-37(8-49(120-44)91-15-33(4)65(98)83-26-91)127-134(106,141)115-21-45-39(125-132(104,139)111-6)12-54(123-45)96-29-81-57-63(96)87-69(76)89-67(57)100/h15-18,25,28-30,35-55H,7-14,19-24,26-27H2,1-6H3,(H,83,98)(H,84,99)(H,104,139)(H,105,140)(H,106,141)(H,107,142)(H,108,143)(H,109,144)(H,110,145)(H2,73,85,102)(H2,74,86,103)(H2,75,78,79)(H3,76,87,89,100)(H3,77,88,90,101)/p-7/t35-,36-,37-,38-,39-,40-,41-,42-,43-,44-,45-,46-,47-,48-,49-,50-,51-,52-,53-,54-,55-,132?,133?,134?,135?,136?,137?,138?/m1/s1. The zero-order chi connectivity index (χ0) is 104. The molecule has 145 heavy (non-hydrogen) atoms. The Labute approximate surface area is 855 Å². The average Bonchev–Trinajstić information content (AvgIpc) is 1.63. The third kappa shape index (κ3) is 25.8. The van der Waals surface area contributed by atoms with Gasteiger partial charge in [-0.3, -0.25) is 56.5 Å². The van der Waals surface area contributed by atoms with E-state index in [4.69, 9.17) is 208 Å². The molecule has 28 atom stereocenters. The smallest absolute Gasteiger partial charge is 0.351 e. The molecule has 0 radical (unpaired) electrons. The Kier molecular flexibility index (Phi) is 33.5. The first-order chi connectivity index (χ1) is 68.4. The second-order valence-corrected chi connectivity index (χ2v) is 53.2. The molecular weight excluding hydrogens is 2200 g/mol. The van der Waals surface area contributed by atoms with E-state index in [2.05, 4.69) is 65.5 Å². The zero-order valence-corrected chi connectivity index (χ0v) is 88.4. The largest absolute Gasteiger partial charge is 0.780 e. The van der Waals surface area contributed by atoms with Crippen LogP contribution in [0.25, 0.3) is 33.5 Å². The van der Waals surface area contributed by atoms with Crippen LogP contribution in [0.2, 0.25) is 0 Å². The van der Waals surface area contributed by atoms with Gasteiger partial charge in [0, 0.05) is 99.1 Å². The fourth-order valence-electron chi connectivity index (χ4n) is 17.2. The van der Waals surface area contributed by atoms with Gasteiger partial charge in [-0.2, -0.15) is 19.9 Å². The molecule has 8 aromatic heterocycles. The maximum Gasteiger partial charge on any atom is 0.351 e. The lowest BCUT2D eigenvalue weighted by Gasteiger charge is -2.36. The molecule has 0 spiro atoms. The van der Waals surface area contributed by atoms with Crippen LogP contribution in [0.3, 0.4) is 0 Å². The van der Waals surface area contributed by atoms with Gasteiger partial charge in [-0.25, -0.2) is 34.5 Å². The van der Waals surface area contributed by atoms with Gasteiger partial charge in [0.15, 0.2) is 40.6 Å². The number of nitrogens with one attached hydrogen (secondary N) is 4. The topological polar surface area (TPSA) is 785 Å². The first-order valence-electron chi connectivity index (χ1n) is 43.9. The normalized spacial score (nSPS) is 30.8. The van der Waals surface area contributed by atoms with Crippen LogP contribution in [0.1, 0.15) is 114 Å². The van der Waals surface area contributed by atoms with Crippen molar-refractivity contribution in [2.75, 3.05) is 88.8 Å². The van der Waals surface area contributed by atoms with Crippen molar-refractivity contribution in [2.45, 2.75) is 215 Å². The number of aromatic nitrogens is 16. The van der Waals surface area contributed by atoms with Gasteiger partial charge in [0.25, 0.3) is 11.1 Å². The molecule has 17 heterocycles. The minimum atomic E-state index is -4.96. The molecule has 9 aliphatic heterocycles. The minimum absolute atomic E-state index is 0.00283. The average molecular weight is 2290 g/mol. The summed E-state index contributed by atoms with van der Waals surface area (Å²) in [6.45, 7) is -30.1. The van der Waals surface area contributed by atoms with Crippen molar-refractivity contribution in [3.8, 4) is 0 Å². The number of amides is 2. The van der Waals surface area contributed by atoms with Gasteiger partial charge in [0.05, 0.1) is 121 Å². The third-order valence-electron chi connectivity index (χ3n) is 24.3. The number of carbonyl (C=O) groups is 2. The van der Waals surface area contributed by atoms with Crippen molar-refractivity contribution in [2.24, 2.45) is 0 Å². The van der Waals surface area contributed by atoms with Crippen molar-refractivity contribution in [1.29, 1.82) is 0 Å². The number of nitrogens with two attached hydrogens (primary N) is 5. The highest BCUT2D eigenvalue weighted by molar-refractivity contribution is 8.32. The molecular formula is C72H93N25O34P7S7-7. The first kappa shape index (κ1) is 110. The summed E-state index contributed by atoms with van der Waals surface area (Å²) >= 11 is 38.3. The van der Waals surface area contributed by atoms with Crippen LogP contribution < -0.4 is 91.2 Å². The van der Waals surface area contributed by atoms with Gasteiger partial charge in [-0.15, -0.1) is 0 Å². The Morgan fingerprint density at radius 2 is 0.703 bits per heavy atom. The van der Waals surface area contributed by atoms with E-state index in [-0.39, 0.29) is 132 Å². The van der Waals surface area contributed by atoms with Crippen molar-refractivity contribution >= 4 is 205 Å². The van der Waals surface area contributed by atoms with Crippen LogP contribution in [0.4, 0.5) is 29.4 Å². The molecule has 0 aliphatic carbocycles. The maximum absolute atomic E-state index is 15.0. The number of imidazole rings is 3. The Balaban J connectivity index is 0.576. The summed E-state index contributed by atoms with van der Waals surface area (Å²) in [5, 5.41) is 5.41. The molecule has 0 aromatic carbocycles. The van der Waals surface area contributed by atoms with E-state index in [1.807, 2.05) is 0 Å². The van der Waals surface area contributed by atoms with Gasteiger partial charge in [0.2, 0.25) is 23.7 Å². The summed E-state index contributed by atoms with van der Waals surface area (Å²) in [6.07, 6.45) is -17.2. The van der Waals surface area contributed by atoms with Crippen LogP contribution in [0.5, 0.6) is 0 Å². The minimum Gasteiger partial charge on any atom is -0.780 e. The third-order valence-corrected chi connectivity index (χ3v) is 35.4. The summed E-state index contributed by atoms with van der Waals surface area (Å²) in [5.41, 5.74) is 28.1.